The minimum absolute atomic E-state index is 0.384. The molecule has 7 heteroatoms. The molecule has 0 unspecified atom stereocenters. The van der Waals surface area contributed by atoms with Crippen LogP contribution in [0.3, 0.4) is 0 Å². The fourth-order valence-corrected chi connectivity index (χ4v) is 1.97. The first-order valence-electron chi connectivity index (χ1n) is 7.01. The Balaban J connectivity index is 3.40. The van der Waals surface area contributed by atoms with Gasteiger partial charge in [0, 0.05) is 19.8 Å². The van der Waals surface area contributed by atoms with Crippen LogP contribution in [-0.2, 0) is 14.3 Å². The Bertz CT molecular complexity index is 596. The lowest BCUT2D eigenvalue weighted by atomic mass is 9.97. The third kappa shape index (κ3) is 4.63. The molecule has 2 N–H and O–H groups in total. The van der Waals surface area contributed by atoms with Crippen molar-refractivity contribution < 1.29 is 24.5 Å². The van der Waals surface area contributed by atoms with Gasteiger partial charge in [-0.25, -0.2) is 9.59 Å². The molecule has 0 aliphatic carbocycles. The Labute approximate surface area is 135 Å². The molecule has 0 amide bonds. The van der Waals surface area contributed by atoms with Crippen LogP contribution in [-0.4, -0.2) is 47.7 Å². The molecule has 1 aromatic rings. The number of benzene rings is 1. The Kier molecular flexibility index (Phi) is 5.66. The second-order valence-electron chi connectivity index (χ2n) is 6.33. The Morgan fingerprint density at radius 1 is 1.26 bits per heavy atom. The van der Waals surface area contributed by atoms with Crippen LogP contribution in [0.1, 0.15) is 32.4 Å². The van der Waals surface area contributed by atoms with Crippen molar-refractivity contribution in [1.29, 1.82) is 0 Å². The summed E-state index contributed by atoms with van der Waals surface area (Å²) in [5, 5.41) is 19.7. The Hall–Kier alpha value is -2.21. The lowest BCUT2D eigenvalue weighted by molar-refractivity contribution is -0.191. The Morgan fingerprint density at radius 2 is 1.78 bits per heavy atom. The fourth-order valence-electron chi connectivity index (χ4n) is 1.97. The van der Waals surface area contributed by atoms with Gasteiger partial charge in [0.1, 0.15) is 6.10 Å². The normalized spacial score (nSPS) is 15.2. The number of rotatable bonds is 6. The molecule has 0 spiro atoms. The van der Waals surface area contributed by atoms with Gasteiger partial charge >= 0.3 is 5.97 Å². The van der Waals surface area contributed by atoms with Gasteiger partial charge < -0.3 is 19.8 Å². The number of carbonyl (C=O) groups excluding carboxylic acids is 1. The maximum atomic E-state index is 11.5. The molecular formula is C16H22N2O5. The number of isocyanates is 1. The second-order valence-corrected chi connectivity index (χ2v) is 6.33. The van der Waals surface area contributed by atoms with Crippen LogP contribution in [0.5, 0.6) is 0 Å². The summed E-state index contributed by atoms with van der Waals surface area (Å²) >= 11 is 0. The van der Waals surface area contributed by atoms with Crippen molar-refractivity contribution >= 4 is 17.7 Å². The average Bonchev–Trinajstić information content (AvgIpc) is 2.44. The number of aliphatic carboxylic acids is 1. The van der Waals surface area contributed by atoms with E-state index < -0.39 is 23.4 Å². The third-order valence-electron chi connectivity index (χ3n) is 3.08. The predicted octanol–water partition coefficient (Wildman–Crippen LogP) is 1.72. The van der Waals surface area contributed by atoms with Gasteiger partial charge in [-0.1, -0.05) is 12.1 Å². The number of aliphatic hydroxyl groups is 1. The quantitative estimate of drug-likeness (QED) is 0.611. The summed E-state index contributed by atoms with van der Waals surface area (Å²) in [5.41, 5.74) is -2.25. The van der Waals surface area contributed by atoms with Crippen LogP contribution in [0.25, 0.3) is 0 Å². The highest BCUT2D eigenvalue weighted by Gasteiger charge is 2.48. The van der Waals surface area contributed by atoms with Crippen molar-refractivity contribution in [3.05, 3.63) is 29.8 Å². The largest absolute Gasteiger partial charge is 0.478 e. The number of anilines is 1. The van der Waals surface area contributed by atoms with Gasteiger partial charge in [-0.3, -0.25) is 0 Å². The third-order valence-corrected chi connectivity index (χ3v) is 3.08. The van der Waals surface area contributed by atoms with E-state index in [-0.39, 0.29) is 0 Å². The SMILES string of the molecule is CN(C)c1ccc([C@H](OC(C)(C)C)[C@](O)(N=C=O)C(=O)O)cc1. The maximum absolute atomic E-state index is 11.5. The molecule has 0 saturated heterocycles. The van der Waals surface area contributed by atoms with Crippen molar-refractivity contribution in [2.75, 3.05) is 19.0 Å². The predicted molar refractivity (Wildman–Crippen MR) is 85.1 cm³/mol. The first kappa shape index (κ1) is 18.8. The molecule has 23 heavy (non-hydrogen) atoms. The number of carboxylic acid groups (broad SMARTS) is 1. The van der Waals surface area contributed by atoms with Gasteiger partial charge in [-0.05, 0) is 38.5 Å². The molecule has 0 heterocycles. The van der Waals surface area contributed by atoms with E-state index in [0.29, 0.717) is 5.56 Å². The van der Waals surface area contributed by atoms with Gasteiger partial charge in [-0.15, -0.1) is 0 Å². The number of ether oxygens (including phenoxy) is 1. The lowest BCUT2D eigenvalue weighted by Crippen LogP contribution is -2.46. The molecule has 7 nitrogen and oxygen atoms in total. The van der Waals surface area contributed by atoms with Crippen LogP contribution < -0.4 is 4.90 Å². The zero-order chi connectivity index (χ0) is 17.8. The van der Waals surface area contributed by atoms with E-state index in [0.717, 1.165) is 11.8 Å². The minimum Gasteiger partial charge on any atom is -0.478 e. The first-order valence-corrected chi connectivity index (χ1v) is 7.01. The number of carbonyl (C=O) groups is 1. The minimum atomic E-state index is -2.76. The van der Waals surface area contributed by atoms with E-state index in [9.17, 15) is 19.8 Å². The standard InChI is InChI=1S/C16H22N2O5/c1-15(2,3)23-13(16(22,14(20)21)17-10-19)11-6-8-12(9-7-11)18(4)5/h6-9,13,22H,1-5H3,(H,20,21)/t13-,16+/m0/s1. The summed E-state index contributed by atoms with van der Waals surface area (Å²) in [7, 11) is 3.73. The molecule has 0 aliphatic rings. The molecule has 126 valence electrons. The highest BCUT2D eigenvalue weighted by molar-refractivity contribution is 5.79. The van der Waals surface area contributed by atoms with Gasteiger partial charge in [0.05, 0.1) is 5.60 Å². The van der Waals surface area contributed by atoms with Crippen LogP contribution in [0.2, 0.25) is 0 Å². The van der Waals surface area contributed by atoms with Crippen LogP contribution >= 0.6 is 0 Å². The van der Waals surface area contributed by atoms with E-state index in [1.807, 2.05) is 19.0 Å². The highest BCUT2D eigenvalue weighted by Crippen LogP contribution is 2.35. The Morgan fingerprint density at radius 3 is 2.13 bits per heavy atom. The molecule has 2 atom stereocenters. The smallest absolute Gasteiger partial charge is 0.363 e. The van der Waals surface area contributed by atoms with E-state index in [2.05, 4.69) is 4.99 Å². The summed E-state index contributed by atoms with van der Waals surface area (Å²) < 4.78 is 5.69. The topological polar surface area (TPSA) is 99.4 Å². The summed E-state index contributed by atoms with van der Waals surface area (Å²) in [6.45, 7) is 5.13. The van der Waals surface area contributed by atoms with Gasteiger partial charge in [0.2, 0.25) is 6.08 Å². The molecular weight excluding hydrogens is 300 g/mol. The van der Waals surface area contributed by atoms with E-state index >= 15 is 0 Å². The molecule has 1 aromatic carbocycles. The highest BCUT2D eigenvalue weighted by atomic mass is 16.5. The molecule has 0 fully saturated rings. The molecule has 0 bridgehead atoms. The van der Waals surface area contributed by atoms with Crippen LogP contribution in [0, 0.1) is 0 Å². The zero-order valence-corrected chi connectivity index (χ0v) is 13.9. The van der Waals surface area contributed by atoms with Crippen molar-refractivity contribution in [2.24, 2.45) is 4.99 Å². The van der Waals surface area contributed by atoms with Gasteiger partial charge in [-0.2, -0.15) is 4.99 Å². The van der Waals surface area contributed by atoms with E-state index in [4.69, 9.17) is 4.74 Å². The van der Waals surface area contributed by atoms with E-state index in [1.165, 1.54) is 0 Å². The second kappa shape index (κ2) is 6.91. The number of hydrogen-bond donors (Lipinski definition) is 2. The van der Waals surface area contributed by atoms with Crippen molar-refractivity contribution in [3.63, 3.8) is 0 Å². The van der Waals surface area contributed by atoms with Crippen molar-refractivity contribution in [1.82, 2.24) is 0 Å². The molecule has 1 rings (SSSR count). The maximum Gasteiger partial charge on any atom is 0.363 e. The van der Waals surface area contributed by atoms with E-state index in [1.54, 1.807) is 45.0 Å². The number of nitrogens with zero attached hydrogens (tertiary/aromatic N) is 2. The van der Waals surface area contributed by atoms with Crippen LogP contribution in [0.4, 0.5) is 5.69 Å². The van der Waals surface area contributed by atoms with Gasteiger partial charge in [0.15, 0.2) is 0 Å². The number of hydrogen-bond acceptors (Lipinski definition) is 6. The lowest BCUT2D eigenvalue weighted by Gasteiger charge is -2.34. The molecule has 0 saturated carbocycles. The van der Waals surface area contributed by atoms with Crippen LogP contribution in [0.15, 0.2) is 29.3 Å². The van der Waals surface area contributed by atoms with Crippen molar-refractivity contribution in [2.45, 2.75) is 38.2 Å². The van der Waals surface area contributed by atoms with Gasteiger partial charge in [0.25, 0.3) is 5.72 Å². The summed E-state index contributed by atoms with van der Waals surface area (Å²) in [6.07, 6.45) is -0.252. The zero-order valence-electron chi connectivity index (χ0n) is 13.9. The molecule has 0 aliphatic heterocycles. The average molecular weight is 322 g/mol. The molecule has 0 aromatic heterocycles. The number of carboxylic acids is 1. The molecule has 0 radical (unpaired) electrons. The van der Waals surface area contributed by atoms with Crippen molar-refractivity contribution in [3.8, 4) is 0 Å². The summed E-state index contributed by atoms with van der Waals surface area (Å²) in [6, 6.07) is 6.75. The summed E-state index contributed by atoms with van der Waals surface area (Å²) in [5.74, 6) is -1.69. The summed E-state index contributed by atoms with van der Waals surface area (Å²) in [4.78, 5) is 27.0. The first-order chi connectivity index (χ1) is 10.5. The number of aliphatic imine (C=N–C) groups is 1. The fraction of sp³-hybridized carbons (Fsp3) is 0.500. The monoisotopic (exact) mass is 322 g/mol.